The molecule has 2 aromatic heterocycles. The van der Waals surface area contributed by atoms with Gasteiger partial charge in [-0.1, -0.05) is 66.4 Å². The third-order valence-corrected chi connectivity index (χ3v) is 7.08. The monoisotopic (exact) mass is 403 g/mol. The Morgan fingerprint density at radius 2 is 1.61 bits per heavy atom. The summed E-state index contributed by atoms with van der Waals surface area (Å²) in [6, 6.07) is 18.6. The quantitative estimate of drug-likeness (QED) is 0.438. The van der Waals surface area contributed by atoms with Gasteiger partial charge < -0.3 is 0 Å². The largest absolute Gasteiger partial charge is 0.283 e. The highest BCUT2D eigenvalue weighted by molar-refractivity contribution is 7.99. The molecule has 0 aliphatic carbocycles. The van der Waals surface area contributed by atoms with E-state index in [0.29, 0.717) is 16.3 Å². The Kier molecular flexibility index (Phi) is 4.18. The van der Waals surface area contributed by atoms with Gasteiger partial charge in [-0.2, -0.15) is 9.78 Å². The molecule has 0 saturated heterocycles. The molecule has 0 atom stereocenters. The molecule has 138 valence electrons. The fourth-order valence-electron chi connectivity index (χ4n) is 3.36. The summed E-state index contributed by atoms with van der Waals surface area (Å²) in [5.41, 5.74) is 5.21. The molecular formula is C22H17N3OS2. The minimum Gasteiger partial charge on any atom is -0.267 e. The summed E-state index contributed by atoms with van der Waals surface area (Å²) in [7, 11) is 0. The van der Waals surface area contributed by atoms with Crippen molar-refractivity contribution in [2.45, 2.75) is 19.0 Å². The van der Waals surface area contributed by atoms with E-state index in [9.17, 15) is 4.79 Å². The predicted octanol–water partition coefficient (Wildman–Crippen LogP) is 5.10. The first kappa shape index (κ1) is 17.4. The van der Waals surface area contributed by atoms with Crippen LogP contribution in [0.5, 0.6) is 0 Å². The van der Waals surface area contributed by atoms with Gasteiger partial charge >= 0.3 is 0 Å². The molecule has 28 heavy (non-hydrogen) atoms. The summed E-state index contributed by atoms with van der Waals surface area (Å²) in [4.78, 5) is 19.7. The van der Waals surface area contributed by atoms with Crippen LogP contribution >= 0.6 is 23.1 Å². The highest BCUT2D eigenvalue weighted by Gasteiger charge is 2.21. The Morgan fingerprint density at radius 1 is 0.929 bits per heavy atom. The number of hydrogen-bond donors (Lipinski definition) is 0. The highest BCUT2D eigenvalue weighted by atomic mass is 32.2. The van der Waals surface area contributed by atoms with Crippen molar-refractivity contribution in [1.82, 2.24) is 9.66 Å². The molecule has 1 aliphatic rings. The normalized spacial score (nSPS) is 13.4. The van der Waals surface area contributed by atoms with Crippen molar-refractivity contribution < 1.29 is 0 Å². The van der Waals surface area contributed by atoms with Gasteiger partial charge in [-0.15, -0.1) is 11.3 Å². The summed E-state index contributed by atoms with van der Waals surface area (Å²) in [5, 5.41) is 6.02. The number of nitrogens with zero attached hydrogens (tertiary/aromatic N) is 3. The molecule has 4 nitrogen and oxygen atoms in total. The van der Waals surface area contributed by atoms with Crippen molar-refractivity contribution >= 4 is 39.0 Å². The van der Waals surface area contributed by atoms with Gasteiger partial charge in [0.25, 0.3) is 5.56 Å². The molecule has 3 heterocycles. The Morgan fingerprint density at radius 3 is 2.36 bits per heavy atom. The van der Waals surface area contributed by atoms with Gasteiger partial charge in [-0.3, -0.25) is 4.79 Å². The first-order valence-electron chi connectivity index (χ1n) is 9.01. The standard InChI is InChI=1S/C22H17N3OS2/c1-13-14(2)28-20-19(13)21(26)25-22(23-20)27-12-18(24-25)17-10-8-16(9-11-17)15-6-4-3-5-7-15/h3-11H,12H2,1-2H3. The molecule has 0 bridgehead atoms. The third-order valence-electron chi connectivity index (χ3n) is 5.04. The number of benzene rings is 2. The van der Waals surface area contributed by atoms with Crippen LogP contribution in [-0.2, 0) is 0 Å². The minimum absolute atomic E-state index is 0.0764. The average Bonchev–Trinajstić information content (AvgIpc) is 3.02. The van der Waals surface area contributed by atoms with Crippen LogP contribution in [0.15, 0.2) is 69.6 Å². The number of fused-ring (bicyclic) bond motifs is 2. The first-order valence-corrected chi connectivity index (χ1v) is 10.8. The molecule has 0 amide bonds. The molecule has 6 heteroatoms. The van der Waals surface area contributed by atoms with Crippen LogP contribution in [-0.4, -0.2) is 21.1 Å². The molecule has 0 unspecified atom stereocenters. The molecule has 0 saturated carbocycles. The van der Waals surface area contributed by atoms with Crippen molar-refractivity contribution in [2.75, 3.05) is 5.75 Å². The van der Waals surface area contributed by atoms with Crippen LogP contribution in [0.1, 0.15) is 16.0 Å². The lowest BCUT2D eigenvalue weighted by molar-refractivity contribution is 0.700. The fourth-order valence-corrected chi connectivity index (χ4v) is 5.33. The van der Waals surface area contributed by atoms with Crippen molar-refractivity contribution in [3.8, 4) is 11.1 Å². The molecule has 0 spiro atoms. The SMILES string of the molecule is Cc1sc2nc3n(c(=O)c2c1C)N=C(c1ccc(-c2ccccc2)cc1)CS3. The minimum atomic E-state index is -0.0764. The third kappa shape index (κ3) is 2.80. The maximum atomic E-state index is 13.0. The van der Waals surface area contributed by atoms with E-state index in [-0.39, 0.29) is 5.56 Å². The van der Waals surface area contributed by atoms with Gasteiger partial charge in [-0.05, 0) is 36.1 Å². The Labute approximate surface area is 170 Å². The predicted molar refractivity (Wildman–Crippen MR) is 118 cm³/mol. The van der Waals surface area contributed by atoms with E-state index in [2.05, 4.69) is 46.5 Å². The maximum Gasteiger partial charge on any atom is 0.283 e. The van der Waals surface area contributed by atoms with Crippen molar-refractivity contribution in [1.29, 1.82) is 0 Å². The first-order chi connectivity index (χ1) is 13.6. The molecule has 0 fully saturated rings. The van der Waals surface area contributed by atoms with Crippen LogP contribution in [0.25, 0.3) is 21.3 Å². The van der Waals surface area contributed by atoms with Gasteiger partial charge in [0.1, 0.15) is 4.83 Å². The number of rotatable bonds is 2. The van der Waals surface area contributed by atoms with Gasteiger partial charge in [0.2, 0.25) is 0 Å². The molecule has 0 radical (unpaired) electrons. The zero-order chi connectivity index (χ0) is 19.3. The van der Waals surface area contributed by atoms with Crippen LogP contribution in [0.4, 0.5) is 0 Å². The fraction of sp³-hybridized carbons (Fsp3) is 0.136. The average molecular weight is 404 g/mol. The molecule has 0 N–H and O–H groups in total. The van der Waals surface area contributed by atoms with Crippen LogP contribution in [0.2, 0.25) is 0 Å². The van der Waals surface area contributed by atoms with Gasteiger partial charge in [0.05, 0.1) is 11.1 Å². The van der Waals surface area contributed by atoms with E-state index < -0.39 is 0 Å². The molecule has 1 aliphatic heterocycles. The zero-order valence-corrected chi connectivity index (χ0v) is 17.1. The van der Waals surface area contributed by atoms with Crippen molar-refractivity contribution in [2.24, 2.45) is 5.10 Å². The maximum absolute atomic E-state index is 13.0. The van der Waals surface area contributed by atoms with Crippen molar-refractivity contribution in [3.63, 3.8) is 0 Å². The van der Waals surface area contributed by atoms with E-state index in [4.69, 9.17) is 0 Å². The number of aryl methyl sites for hydroxylation is 2. The van der Waals surface area contributed by atoms with Gasteiger partial charge in [0.15, 0.2) is 5.16 Å². The van der Waals surface area contributed by atoms with Crippen LogP contribution in [0.3, 0.4) is 0 Å². The molecule has 5 rings (SSSR count). The lowest BCUT2D eigenvalue weighted by Gasteiger charge is -2.16. The summed E-state index contributed by atoms with van der Waals surface area (Å²) in [6.45, 7) is 4.01. The second-order valence-electron chi connectivity index (χ2n) is 6.75. The second kappa shape index (κ2) is 6.72. The Hall–Kier alpha value is -2.70. The lowest BCUT2D eigenvalue weighted by Crippen LogP contribution is -2.25. The molecule has 4 aromatic rings. The van der Waals surface area contributed by atoms with E-state index in [1.807, 2.05) is 32.0 Å². The topological polar surface area (TPSA) is 47.2 Å². The van der Waals surface area contributed by atoms with E-state index in [0.717, 1.165) is 26.5 Å². The van der Waals surface area contributed by atoms with Crippen LogP contribution in [0, 0.1) is 13.8 Å². The Bertz CT molecular complexity index is 1290. The summed E-state index contributed by atoms with van der Waals surface area (Å²) < 4.78 is 1.47. The van der Waals surface area contributed by atoms with Crippen molar-refractivity contribution in [3.05, 3.63) is 81.0 Å². The van der Waals surface area contributed by atoms with Gasteiger partial charge in [0, 0.05) is 10.6 Å². The second-order valence-corrected chi connectivity index (χ2v) is 8.90. The summed E-state index contributed by atoms with van der Waals surface area (Å²) >= 11 is 3.14. The number of hydrogen-bond acceptors (Lipinski definition) is 5. The summed E-state index contributed by atoms with van der Waals surface area (Å²) in [5.74, 6) is 0.700. The zero-order valence-electron chi connectivity index (χ0n) is 15.5. The number of aromatic nitrogens is 2. The number of thiophene rings is 1. The lowest BCUT2D eigenvalue weighted by atomic mass is 10.0. The number of thioether (sulfide) groups is 1. The Balaban J connectivity index is 1.57. The van der Waals surface area contributed by atoms with E-state index in [1.54, 1.807) is 23.1 Å². The smallest absolute Gasteiger partial charge is 0.267 e. The van der Waals surface area contributed by atoms with Gasteiger partial charge in [-0.25, -0.2) is 4.98 Å². The summed E-state index contributed by atoms with van der Waals surface area (Å²) in [6.07, 6.45) is 0. The van der Waals surface area contributed by atoms with E-state index in [1.165, 1.54) is 15.8 Å². The molecular weight excluding hydrogens is 386 g/mol. The highest BCUT2D eigenvalue weighted by Crippen LogP contribution is 2.30. The van der Waals surface area contributed by atoms with Crippen LogP contribution < -0.4 is 5.56 Å². The molecule has 2 aromatic carbocycles. The van der Waals surface area contributed by atoms with E-state index >= 15 is 0 Å².